The fourth-order valence-electron chi connectivity index (χ4n) is 2.89. The van der Waals surface area contributed by atoms with Gasteiger partial charge in [0.05, 0.1) is 11.2 Å². The highest BCUT2D eigenvalue weighted by Gasteiger charge is 2.09. The quantitative estimate of drug-likeness (QED) is 0.423. The first-order valence-corrected chi connectivity index (χ1v) is 9.75. The summed E-state index contributed by atoms with van der Waals surface area (Å²) in [5.41, 5.74) is 3.26. The Kier molecular flexibility index (Phi) is 4.77. The zero-order valence-corrected chi connectivity index (χ0v) is 16.0. The first-order valence-electron chi connectivity index (χ1n) is 8.76. The normalized spacial score (nSPS) is 11.2. The van der Waals surface area contributed by atoms with Crippen LogP contribution in [0.3, 0.4) is 0 Å². The fourth-order valence-corrected chi connectivity index (χ4v) is 3.63. The Labute approximate surface area is 160 Å². The summed E-state index contributed by atoms with van der Waals surface area (Å²) in [7, 11) is 0. The molecule has 27 heavy (non-hydrogen) atoms. The number of thioether (sulfide) groups is 1. The van der Waals surface area contributed by atoms with Crippen molar-refractivity contribution in [3.8, 4) is 0 Å². The third-order valence-corrected chi connectivity index (χ3v) is 5.03. The number of aryl methyl sites for hydroxylation is 1. The van der Waals surface area contributed by atoms with E-state index < -0.39 is 0 Å². The van der Waals surface area contributed by atoms with Gasteiger partial charge in [-0.15, -0.1) is 0 Å². The second-order valence-electron chi connectivity index (χ2n) is 6.21. The van der Waals surface area contributed by atoms with E-state index in [4.69, 9.17) is 0 Å². The Morgan fingerprint density at radius 1 is 1.11 bits per heavy atom. The van der Waals surface area contributed by atoms with Gasteiger partial charge in [0.2, 0.25) is 0 Å². The molecule has 4 aromatic rings. The Balaban J connectivity index is 1.65. The summed E-state index contributed by atoms with van der Waals surface area (Å²) in [6.45, 7) is 4.81. The standard InChI is InChI=1S/C20H19N5OS/c1-3-21-19-15-6-4-5-7-16(15)23-20(24-19)27-12-14-11-18(26)25-9-8-13(2)10-17(25)22-14/h4-11H,3,12H2,1-2H3,(H,21,23,24). The molecule has 6 nitrogen and oxygen atoms in total. The Bertz CT molecular complexity index is 1190. The van der Waals surface area contributed by atoms with E-state index in [9.17, 15) is 4.79 Å². The van der Waals surface area contributed by atoms with Gasteiger partial charge in [0.1, 0.15) is 11.5 Å². The van der Waals surface area contributed by atoms with Gasteiger partial charge in [-0.05, 0) is 43.7 Å². The SMILES string of the molecule is CCNc1nc(SCc2cc(=O)n3ccc(C)cc3n2)nc2ccccc12. The van der Waals surface area contributed by atoms with Crippen LogP contribution in [0.1, 0.15) is 18.2 Å². The molecule has 3 heterocycles. The number of benzene rings is 1. The van der Waals surface area contributed by atoms with Crippen molar-refractivity contribution in [3.63, 3.8) is 0 Å². The van der Waals surface area contributed by atoms with Crippen molar-refractivity contribution in [1.29, 1.82) is 0 Å². The minimum absolute atomic E-state index is 0.0802. The molecule has 0 saturated heterocycles. The lowest BCUT2D eigenvalue weighted by Gasteiger charge is -2.09. The molecule has 0 aliphatic heterocycles. The highest BCUT2D eigenvalue weighted by molar-refractivity contribution is 7.98. The van der Waals surface area contributed by atoms with Gasteiger partial charge in [0.25, 0.3) is 5.56 Å². The van der Waals surface area contributed by atoms with Crippen LogP contribution in [0.25, 0.3) is 16.6 Å². The van der Waals surface area contributed by atoms with E-state index >= 15 is 0 Å². The Morgan fingerprint density at radius 3 is 2.81 bits per heavy atom. The molecular formula is C20H19N5OS. The largest absolute Gasteiger partial charge is 0.370 e. The first-order chi connectivity index (χ1) is 13.1. The lowest BCUT2D eigenvalue weighted by molar-refractivity contribution is 0.981. The van der Waals surface area contributed by atoms with Crippen molar-refractivity contribution in [3.05, 3.63) is 70.3 Å². The molecule has 3 aromatic heterocycles. The van der Waals surface area contributed by atoms with E-state index in [2.05, 4.69) is 20.3 Å². The molecule has 0 unspecified atom stereocenters. The second kappa shape index (κ2) is 7.36. The second-order valence-corrected chi connectivity index (χ2v) is 7.15. The van der Waals surface area contributed by atoms with Crippen LogP contribution in [0.15, 0.2) is 58.6 Å². The van der Waals surface area contributed by atoms with Gasteiger partial charge in [-0.25, -0.2) is 15.0 Å². The van der Waals surface area contributed by atoms with Crippen molar-refractivity contribution in [2.75, 3.05) is 11.9 Å². The highest BCUT2D eigenvalue weighted by Crippen LogP contribution is 2.25. The number of nitrogens with zero attached hydrogens (tertiary/aromatic N) is 4. The van der Waals surface area contributed by atoms with Gasteiger partial charge in [-0.2, -0.15) is 0 Å². The topological polar surface area (TPSA) is 72.2 Å². The lowest BCUT2D eigenvalue weighted by atomic mass is 10.2. The van der Waals surface area contributed by atoms with E-state index in [1.807, 2.05) is 50.2 Å². The summed E-state index contributed by atoms with van der Waals surface area (Å²) < 4.78 is 1.55. The maximum atomic E-state index is 12.3. The van der Waals surface area contributed by atoms with Gasteiger partial charge in [0.15, 0.2) is 5.16 Å². The molecule has 7 heteroatoms. The predicted octanol–water partition coefficient (Wildman–Crippen LogP) is 3.67. The maximum absolute atomic E-state index is 12.3. The van der Waals surface area contributed by atoms with E-state index in [0.717, 1.165) is 34.5 Å². The van der Waals surface area contributed by atoms with E-state index in [1.165, 1.54) is 11.8 Å². The molecule has 1 aromatic carbocycles. The summed E-state index contributed by atoms with van der Waals surface area (Å²) in [5, 5.41) is 4.96. The number of hydrogen-bond donors (Lipinski definition) is 1. The summed E-state index contributed by atoms with van der Waals surface area (Å²) in [4.78, 5) is 26.2. The van der Waals surface area contributed by atoms with Crippen LogP contribution >= 0.6 is 11.8 Å². The number of pyridine rings is 1. The lowest BCUT2D eigenvalue weighted by Crippen LogP contribution is -2.15. The molecule has 1 N–H and O–H groups in total. The average molecular weight is 377 g/mol. The van der Waals surface area contributed by atoms with Crippen LogP contribution in [0.4, 0.5) is 5.82 Å². The van der Waals surface area contributed by atoms with Crippen molar-refractivity contribution < 1.29 is 0 Å². The summed E-state index contributed by atoms with van der Waals surface area (Å²) in [6.07, 6.45) is 1.76. The van der Waals surface area contributed by atoms with Crippen LogP contribution in [-0.2, 0) is 5.75 Å². The Hall–Kier alpha value is -2.93. The number of aromatic nitrogens is 4. The highest BCUT2D eigenvalue weighted by atomic mass is 32.2. The summed E-state index contributed by atoms with van der Waals surface area (Å²) in [6, 6.07) is 13.3. The molecule has 0 fully saturated rings. The summed E-state index contributed by atoms with van der Waals surface area (Å²) in [5.74, 6) is 1.36. The summed E-state index contributed by atoms with van der Waals surface area (Å²) >= 11 is 1.48. The van der Waals surface area contributed by atoms with Gasteiger partial charge < -0.3 is 5.32 Å². The molecule has 0 bridgehead atoms. The average Bonchev–Trinajstić information content (AvgIpc) is 2.66. The van der Waals surface area contributed by atoms with Gasteiger partial charge in [-0.3, -0.25) is 9.20 Å². The Morgan fingerprint density at radius 2 is 1.96 bits per heavy atom. The molecule has 0 spiro atoms. The van der Waals surface area contributed by atoms with E-state index in [-0.39, 0.29) is 5.56 Å². The predicted molar refractivity (Wildman–Crippen MR) is 109 cm³/mol. The molecule has 0 atom stereocenters. The molecule has 0 amide bonds. The fraction of sp³-hybridized carbons (Fsp3) is 0.200. The zero-order valence-electron chi connectivity index (χ0n) is 15.1. The van der Waals surface area contributed by atoms with E-state index in [1.54, 1.807) is 16.7 Å². The minimum atomic E-state index is -0.0802. The van der Waals surface area contributed by atoms with Crippen molar-refractivity contribution in [2.45, 2.75) is 24.8 Å². The smallest absolute Gasteiger partial charge is 0.258 e. The van der Waals surface area contributed by atoms with Crippen LogP contribution in [0.2, 0.25) is 0 Å². The van der Waals surface area contributed by atoms with Crippen LogP contribution < -0.4 is 10.9 Å². The van der Waals surface area contributed by atoms with Gasteiger partial charge >= 0.3 is 0 Å². The number of anilines is 1. The minimum Gasteiger partial charge on any atom is -0.370 e. The third kappa shape index (κ3) is 3.64. The zero-order chi connectivity index (χ0) is 18.8. The van der Waals surface area contributed by atoms with Gasteiger partial charge in [-0.1, -0.05) is 23.9 Å². The number of rotatable bonds is 5. The maximum Gasteiger partial charge on any atom is 0.258 e. The molecule has 0 aliphatic carbocycles. The molecule has 0 aliphatic rings. The van der Waals surface area contributed by atoms with Crippen molar-refractivity contribution in [2.24, 2.45) is 0 Å². The molecule has 4 rings (SSSR count). The van der Waals surface area contributed by atoms with E-state index in [0.29, 0.717) is 16.6 Å². The van der Waals surface area contributed by atoms with Crippen LogP contribution in [-0.4, -0.2) is 25.9 Å². The number of para-hydroxylation sites is 1. The van der Waals surface area contributed by atoms with Crippen molar-refractivity contribution >= 4 is 34.1 Å². The third-order valence-electron chi connectivity index (χ3n) is 4.15. The molecule has 0 radical (unpaired) electrons. The molecule has 0 saturated carbocycles. The van der Waals surface area contributed by atoms with Crippen LogP contribution in [0, 0.1) is 6.92 Å². The first kappa shape index (κ1) is 17.5. The van der Waals surface area contributed by atoms with Crippen LogP contribution in [0.5, 0.6) is 0 Å². The van der Waals surface area contributed by atoms with Gasteiger partial charge in [0, 0.05) is 29.9 Å². The monoisotopic (exact) mass is 377 g/mol. The molecular weight excluding hydrogens is 358 g/mol. The number of nitrogens with one attached hydrogen (secondary N) is 1. The van der Waals surface area contributed by atoms with Crippen molar-refractivity contribution in [1.82, 2.24) is 19.4 Å². The number of fused-ring (bicyclic) bond motifs is 2. The number of hydrogen-bond acceptors (Lipinski definition) is 6. The molecule has 136 valence electrons.